The molecule has 0 fully saturated rings. The Balaban J connectivity index is 3.10. The van der Waals surface area contributed by atoms with Crippen LogP contribution in [-0.2, 0) is 4.84 Å². The molecule has 0 atom stereocenters. The second-order valence-corrected chi connectivity index (χ2v) is 3.44. The lowest BCUT2D eigenvalue weighted by molar-refractivity contribution is -0.0771. The van der Waals surface area contributed by atoms with Crippen LogP contribution in [-0.4, -0.2) is 31.7 Å². The van der Waals surface area contributed by atoms with E-state index in [9.17, 15) is 13.6 Å². The molecule has 0 aliphatic heterocycles. The molecule has 0 saturated carbocycles. The van der Waals surface area contributed by atoms with E-state index in [4.69, 9.17) is 11.6 Å². The zero-order valence-corrected chi connectivity index (χ0v) is 9.87. The Kier molecular flexibility index (Phi) is 4.65. The molecule has 0 aliphatic rings. The van der Waals surface area contributed by atoms with E-state index in [1.165, 1.54) is 32.4 Å². The smallest absolute Gasteiger partial charge is 0.387 e. The summed E-state index contributed by atoms with van der Waals surface area (Å²) in [6.45, 7) is -3.02. The van der Waals surface area contributed by atoms with E-state index < -0.39 is 12.5 Å². The van der Waals surface area contributed by atoms with Crippen molar-refractivity contribution >= 4 is 17.5 Å². The Bertz CT molecular complexity index is 415. The summed E-state index contributed by atoms with van der Waals surface area (Å²) in [5.74, 6) is -0.885. The summed E-state index contributed by atoms with van der Waals surface area (Å²) >= 11 is 5.69. The van der Waals surface area contributed by atoms with E-state index in [2.05, 4.69) is 9.57 Å². The highest BCUT2D eigenvalue weighted by Crippen LogP contribution is 2.25. The fourth-order valence-electron chi connectivity index (χ4n) is 1.12. The first kappa shape index (κ1) is 13.7. The van der Waals surface area contributed by atoms with Gasteiger partial charge in [-0.1, -0.05) is 11.6 Å². The Morgan fingerprint density at radius 2 is 2.12 bits per heavy atom. The number of carbonyl (C=O) groups excluding carboxylic acids is 1. The molecular weight excluding hydrogens is 256 g/mol. The Morgan fingerprint density at radius 3 is 2.65 bits per heavy atom. The average molecular weight is 266 g/mol. The Morgan fingerprint density at radius 1 is 1.47 bits per heavy atom. The highest BCUT2D eigenvalue weighted by atomic mass is 35.5. The predicted octanol–water partition coefficient (Wildman–Crippen LogP) is 2.57. The van der Waals surface area contributed by atoms with Crippen molar-refractivity contribution in [3.8, 4) is 5.75 Å². The minimum absolute atomic E-state index is 0.0952. The van der Waals surface area contributed by atoms with Gasteiger partial charge in [0.2, 0.25) is 0 Å². The van der Waals surface area contributed by atoms with Gasteiger partial charge in [-0.25, -0.2) is 5.06 Å². The molecule has 1 aromatic rings. The fourth-order valence-corrected chi connectivity index (χ4v) is 1.29. The van der Waals surface area contributed by atoms with E-state index in [0.717, 1.165) is 5.06 Å². The van der Waals surface area contributed by atoms with Crippen LogP contribution in [0.3, 0.4) is 0 Å². The second-order valence-electron chi connectivity index (χ2n) is 3.00. The topological polar surface area (TPSA) is 38.8 Å². The zero-order chi connectivity index (χ0) is 13.0. The molecule has 17 heavy (non-hydrogen) atoms. The third-order valence-electron chi connectivity index (χ3n) is 1.95. The average Bonchev–Trinajstić information content (AvgIpc) is 2.29. The minimum atomic E-state index is -3.02. The van der Waals surface area contributed by atoms with Crippen LogP contribution in [0.5, 0.6) is 5.75 Å². The molecule has 0 saturated heterocycles. The molecule has 0 spiro atoms. The molecule has 0 radical (unpaired) electrons. The zero-order valence-electron chi connectivity index (χ0n) is 9.12. The number of hydrogen-bond acceptors (Lipinski definition) is 3. The van der Waals surface area contributed by atoms with Crippen LogP contribution in [0.4, 0.5) is 8.78 Å². The first-order valence-electron chi connectivity index (χ1n) is 4.52. The van der Waals surface area contributed by atoms with Crippen molar-refractivity contribution in [2.24, 2.45) is 0 Å². The van der Waals surface area contributed by atoms with Crippen molar-refractivity contribution in [2.75, 3.05) is 14.2 Å². The van der Waals surface area contributed by atoms with Gasteiger partial charge >= 0.3 is 6.61 Å². The molecule has 4 nitrogen and oxygen atoms in total. The number of amides is 1. The number of alkyl halides is 2. The van der Waals surface area contributed by atoms with E-state index in [0.29, 0.717) is 0 Å². The van der Waals surface area contributed by atoms with Crippen LogP contribution < -0.4 is 4.74 Å². The number of halogens is 3. The largest absolute Gasteiger partial charge is 0.434 e. The van der Waals surface area contributed by atoms with Gasteiger partial charge in [-0.2, -0.15) is 8.78 Å². The first-order valence-corrected chi connectivity index (χ1v) is 4.90. The number of nitrogens with zero attached hydrogens (tertiary/aromatic N) is 1. The van der Waals surface area contributed by atoms with Gasteiger partial charge in [-0.15, -0.1) is 0 Å². The van der Waals surface area contributed by atoms with Crippen LogP contribution >= 0.6 is 11.6 Å². The van der Waals surface area contributed by atoms with Gasteiger partial charge in [-0.05, 0) is 18.2 Å². The molecule has 7 heteroatoms. The van der Waals surface area contributed by atoms with Crippen molar-refractivity contribution in [3.05, 3.63) is 28.8 Å². The maximum atomic E-state index is 12.1. The normalized spacial score (nSPS) is 10.5. The monoisotopic (exact) mass is 265 g/mol. The first-order chi connectivity index (χ1) is 7.95. The molecule has 0 unspecified atom stereocenters. The van der Waals surface area contributed by atoms with Crippen LogP contribution in [0, 0.1) is 0 Å². The lowest BCUT2D eigenvalue weighted by Gasteiger charge is -2.16. The molecule has 1 aromatic carbocycles. The molecule has 1 amide bonds. The molecule has 0 aliphatic carbocycles. The number of rotatable bonds is 4. The van der Waals surface area contributed by atoms with Crippen molar-refractivity contribution in [1.82, 2.24) is 5.06 Å². The lowest BCUT2D eigenvalue weighted by atomic mass is 10.2. The van der Waals surface area contributed by atoms with Crippen LogP contribution in [0.2, 0.25) is 5.02 Å². The van der Waals surface area contributed by atoms with Crippen molar-refractivity contribution in [2.45, 2.75) is 6.61 Å². The number of benzene rings is 1. The summed E-state index contributed by atoms with van der Waals surface area (Å²) in [6, 6.07) is 3.78. The van der Waals surface area contributed by atoms with Gasteiger partial charge in [0.15, 0.2) is 0 Å². The number of hydroxylamine groups is 2. The maximum Gasteiger partial charge on any atom is 0.387 e. The highest BCUT2D eigenvalue weighted by Gasteiger charge is 2.19. The van der Waals surface area contributed by atoms with E-state index in [1.807, 2.05) is 0 Å². The van der Waals surface area contributed by atoms with Gasteiger partial charge in [0, 0.05) is 12.1 Å². The highest BCUT2D eigenvalue weighted by molar-refractivity contribution is 6.31. The standard InChI is InChI=1S/C10H10ClF2NO3/c1-14(16-2)9(15)7-5-6(11)3-4-8(7)17-10(12)13/h3-5,10H,1-2H3. The third-order valence-corrected chi connectivity index (χ3v) is 2.18. The Hall–Kier alpha value is -1.40. The quantitative estimate of drug-likeness (QED) is 0.786. The van der Waals surface area contributed by atoms with Crippen molar-refractivity contribution in [1.29, 1.82) is 0 Å². The summed E-state index contributed by atoms with van der Waals surface area (Å²) < 4.78 is 28.5. The number of hydrogen-bond donors (Lipinski definition) is 0. The van der Waals surface area contributed by atoms with E-state index >= 15 is 0 Å². The van der Waals surface area contributed by atoms with Gasteiger partial charge in [0.05, 0.1) is 12.7 Å². The van der Waals surface area contributed by atoms with Crippen LogP contribution in [0.25, 0.3) is 0 Å². The van der Waals surface area contributed by atoms with Crippen LogP contribution in [0.15, 0.2) is 18.2 Å². The summed E-state index contributed by atoms with van der Waals surface area (Å²) in [6.07, 6.45) is 0. The van der Waals surface area contributed by atoms with Crippen molar-refractivity contribution in [3.63, 3.8) is 0 Å². The van der Waals surface area contributed by atoms with Gasteiger partial charge < -0.3 is 4.74 Å². The molecule has 0 bridgehead atoms. The minimum Gasteiger partial charge on any atom is -0.434 e. The summed E-state index contributed by atoms with van der Waals surface area (Å²) in [5, 5.41) is 1.11. The third kappa shape index (κ3) is 3.54. The fraction of sp³-hybridized carbons (Fsp3) is 0.300. The molecular formula is C10H10ClF2NO3. The van der Waals surface area contributed by atoms with Gasteiger partial charge in [0.1, 0.15) is 5.75 Å². The SMILES string of the molecule is CON(C)C(=O)c1cc(Cl)ccc1OC(F)F. The molecule has 0 aromatic heterocycles. The predicted molar refractivity (Wildman–Crippen MR) is 57.2 cm³/mol. The molecule has 94 valence electrons. The summed E-state index contributed by atoms with van der Waals surface area (Å²) in [7, 11) is 2.62. The van der Waals surface area contributed by atoms with Crippen molar-refractivity contribution < 1.29 is 23.1 Å². The summed E-state index contributed by atoms with van der Waals surface area (Å²) in [5.41, 5.74) is -0.0952. The molecule has 0 heterocycles. The molecule has 0 N–H and O–H groups in total. The number of carbonyl (C=O) groups is 1. The maximum absolute atomic E-state index is 12.1. The lowest BCUT2D eigenvalue weighted by Crippen LogP contribution is -2.26. The number of ether oxygens (including phenoxy) is 1. The van der Waals surface area contributed by atoms with Gasteiger partial charge in [-0.3, -0.25) is 9.63 Å². The van der Waals surface area contributed by atoms with E-state index in [-0.39, 0.29) is 16.3 Å². The molecule has 1 rings (SSSR count). The van der Waals surface area contributed by atoms with Gasteiger partial charge in [0.25, 0.3) is 5.91 Å². The second kappa shape index (κ2) is 5.79. The Labute approximate surface area is 102 Å². The summed E-state index contributed by atoms with van der Waals surface area (Å²) in [4.78, 5) is 16.4. The van der Waals surface area contributed by atoms with Crippen LogP contribution in [0.1, 0.15) is 10.4 Å². The van der Waals surface area contributed by atoms with E-state index in [1.54, 1.807) is 0 Å².